The van der Waals surface area contributed by atoms with Crippen LogP contribution in [0.2, 0.25) is 5.02 Å². The number of benzene rings is 2. The molecule has 0 saturated heterocycles. The van der Waals surface area contributed by atoms with Gasteiger partial charge in [0, 0.05) is 23.9 Å². The maximum absolute atomic E-state index is 14.1. The van der Waals surface area contributed by atoms with Crippen molar-refractivity contribution in [2.45, 2.75) is 6.54 Å². The molecule has 0 aliphatic rings. The van der Waals surface area contributed by atoms with E-state index in [2.05, 4.69) is 10.3 Å². The van der Waals surface area contributed by atoms with Crippen molar-refractivity contribution in [3.05, 3.63) is 81.7 Å². The zero-order valence-electron chi connectivity index (χ0n) is 16.0. The molecule has 2 aromatic heterocycles. The van der Waals surface area contributed by atoms with Crippen LogP contribution in [0, 0.1) is 17.6 Å². The number of nitrogens with one attached hydrogen (secondary N) is 1. The lowest BCUT2D eigenvalue weighted by atomic mass is 10.0. The summed E-state index contributed by atoms with van der Waals surface area (Å²) >= 11 is 6.95. The van der Waals surface area contributed by atoms with Gasteiger partial charge >= 0.3 is 0 Å². The maximum atomic E-state index is 14.1. The second kappa shape index (κ2) is 8.56. The van der Waals surface area contributed by atoms with Gasteiger partial charge in [-0.05, 0) is 42.0 Å². The normalized spacial score (nSPS) is 11.0. The molecule has 4 nitrogen and oxygen atoms in total. The summed E-state index contributed by atoms with van der Waals surface area (Å²) in [7, 11) is 1.49. The van der Waals surface area contributed by atoms with E-state index in [1.807, 2.05) is 0 Å². The Labute approximate surface area is 184 Å². The van der Waals surface area contributed by atoms with Gasteiger partial charge in [0.1, 0.15) is 22.3 Å². The lowest BCUT2D eigenvalue weighted by Crippen LogP contribution is -2.22. The van der Waals surface area contributed by atoms with E-state index in [0.717, 1.165) is 29.0 Å². The largest absolute Gasteiger partial charge is 0.496 e. The van der Waals surface area contributed by atoms with Crippen LogP contribution in [0.5, 0.6) is 5.75 Å². The van der Waals surface area contributed by atoms with Crippen LogP contribution in [0.4, 0.5) is 13.2 Å². The van der Waals surface area contributed by atoms with E-state index in [1.165, 1.54) is 19.4 Å². The molecular weight excluding hydrogens is 449 g/mol. The van der Waals surface area contributed by atoms with Crippen molar-refractivity contribution in [1.29, 1.82) is 0 Å². The number of carbonyl (C=O) groups is 1. The zero-order valence-corrected chi connectivity index (χ0v) is 17.6. The Kier molecular flexibility index (Phi) is 5.84. The third-order valence-corrected chi connectivity index (χ3v) is 6.36. The van der Waals surface area contributed by atoms with Crippen LogP contribution in [-0.2, 0) is 6.54 Å². The molecule has 0 aliphatic carbocycles. The van der Waals surface area contributed by atoms with E-state index in [-0.39, 0.29) is 26.5 Å². The summed E-state index contributed by atoms with van der Waals surface area (Å²) in [6.07, 6.45) is 1.40. The van der Waals surface area contributed by atoms with Crippen molar-refractivity contribution in [3.8, 4) is 16.9 Å². The predicted molar refractivity (Wildman–Crippen MR) is 114 cm³/mol. The number of rotatable bonds is 5. The van der Waals surface area contributed by atoms with Gasteiger partial charge in [-0.15, -0.1) is 11.3 Å². The van der Waals surface area contributed by atoms with Crippen molar-refractivity contribution < 1.29 is 22.7 Å². The third kappa shape index (κ3) is 4.08. The number of carbonyl (C=O) groups excluding carboxylic acids is 1. The molecule has 0 saturated carbocycles. The van der Waals surface area contributed by atoms with Gasteiger partial charge in [0.2, 0.25) is 5.95 Å². The molecule has 0 bridgehead atoms. The Morgan fingerprint density at radius 3 is 2.52 bits per heavy atom. The average molecular weight is 463 g/mol. The minimum Gasteiger partial charge on any atom is -0.496 e. The van der Waals surface area contributed by atoms with Crippen LogP contribution in [-0.4, -0.2) is 18.0 Å². The molecule has 31 heavy (non-hydrogen) atoms. The number of hydrogen-bond donors (Lipinski definition) is 1. The van der Waals surface area contributed by atoms with Crippen molar-refractivity contribution in [2.75, 3.05) is 7.11 Å². The van der Waals surface area contributed by atoms with Gasteiger partial charge in [-0.25, -0.2) is 13.8 Å². The highest BCUT2D eigenvalue weighted by Crippen LogP contribution is 2.38. The Bertz CT molecular complexity index is 1290. The summed E-state index contributed by atoms with van der Waals surface area (Å²) < 4.78 is 46.5. The topological polar surface area (TPSA) is 51.2 Å². The summed E-state index contributed by atoms with van der Waals surface area (Å²) in [5.74, 6) is -1.97. The van der Waals surface area contributed by atoms with Crippen LogP contribution in [0.1, 0.15) is 15.2 Å². The lowest BCUT2D eigenvalue weighted by Gasteiger charge is -2.12. The van der Waals surface area contributed by atoms with Gasteiger partial charge in [0.25, 0.3) is 5.91 Å². The standard InChI is InChI=1S/C22H14ClF3N2O2S/c1-30-16-6-2-11(12-3-7-17(26)27-9-12)8-13(16)10-28-22(29)21-19(23)18-14(24)4-5-15(25)20(18)31-21/h2-9H,10H2,1H3,(H,28,29). The number of thiophene rings is 1. The molecule has 2 aromatic carbocycles. The Hall–Kier alpha value is -3.10. The molecule has 1 amide bonds. The Morgan fingerprint density at radius 2 is 1.84 bits per heavy atom. The van der Waals surface area contributed by atoms with Gasteiger partial charge in [0.15, 0.2) is 0 Å². The van der Waals surface area contributed by atoms with Crippen molar-refractivity contribution >= 4 is 38.9 Å². The predicted octanol–water partition coefficient (Wildman–Crippen LogP) is 5.97. The quantitative estimate of drug-likeness (QED) is 0.372. The highest BCUT2D eigenvalue weighted by Gasteiger charge is 2.22. The minimum atomic E-state index is -0.695. The van der Waals surface area contributed by atoms with Gasteiger partial charge in [0.05, 0.1) is 22.2 Å². The SMILES string of the molecule is COc1ccc(-c2ccc(F)nc2)cc1CNC(=O)c1sc2c(F)ccc(F)c2c1Cl. The molecule has 0 spiro atoms. The first kappa shape index (κ1) is 21.1. The molecule has 0 aliphatic heterocycles. The number of ether oxygens (including phenoxy) is 1. The number of methoxy groups -OCH3 is 1. The molecule has 0 fully saturated rings. The summed E-state index contributed by atoms with van der Waals surface area (Å²) in [5, 5.41) is 2.46. The number of hydrogen-bond acceptors (Lipinski definition) is 4. The molecule has 1 N–H and O–H groups in total. The summed E-state index contributed by atoms with van der Waals surface area (Å²) in [6.45, 7) is 0.0695. The monoisotopic (exact) mass is 462 g/mol. The fourth-order valence-corrected chi connectivity index (χ4v) is 4.61. The van der Waals surface area contributed by atoms with Crippen LogP contribution < -0.4 is 10.1 Å². The van der Waals surface area contributed by atoms with Crippen LogP contribution >= 0.6 is 22.9 Å². The second-order valence-corrected chi connectivity index (χ2v) is 7.96. The van der Waals surface area contributed by atoms with Crippen molar-refractivity contribution in [3.63, 3.8) is 0 Å². The highest BCUT2D eigenvalue weighted by atomic mass is 35.5. The van der Waals surface area contributed by atoms with Crippen LogP contribution in [0.15, 0.2) is 48.7 Å². The fourth-order valence-electron chi connectivity index (χ4n) is 3.14. The first-order valence-corrected chi connectivity index (χ1v) is 10.2. The molecule has 0 radical (unpaired) electrons. The number of aromatic nitrogens is 1. The molecule has 9 heteroatoms. The first-order valence-electron chi connectivity index (χ1n) is 9.02. The van der Waals surface area contributed by atoms with Crippen LogP contribution in [0.25, 0.3) is 21.2 Å². The highest BCUT2D eigenvalue weighted by molar-refractivity contribution is 7.21. The van der Waals surface area contributed by atoms with E-state index >= 15 is 0 Å². The van der Waals surface area contributed by atoms with E-state index in [0.29, 0.717) is 16.9 Å². The third-order valence-electron chi connectivity index (χ3n) is 4.67. The Morgan fingerprint density at radius 1 is 1.10 bits per heavy atom. The zero-order chi connectivity index (χ0) is 22.1. The van der Waals surface area contributed by atoms with E-state index in [1.54, 1.807) is 24.3 Å². The summed E-state index contributed by atoms with van der Waals surface area (Å²) in [5.41, 5.74) is 2.09. The van der Waals surface area contributed by atoms with Crippen molar-refractivity contribution in [2.24, 2.45) is 0 Å². The number of nitrogens with zero attached hydrogens (tertiary/aromatic N) is 1. The molecule has 0 atom stereocenters. The molecule has 0 unspecified atom stereocenters. The van der Waals surface area contributed by atoms with E-state index < -0.39 is 23.5 Å². The first-order chi connectivity index (χ1) is 14.9. The van der Waals surface area contributed by atoms with Gasteiger partial charge in [-0.3, -0.25) is 4.79 Å². The maximum Gasteiger partial charge on any atom is 0.263 e. The number of amides is 1. The molecular formula is C22H14ClF3N2O2S. The molecule has 158 valence electrons. The fraction of sp³-hybridized carbons (Fsp3) is 0.0909. The Balaban J connectivity index is 1.61. The molecule has 2 heterocycles. The van der Waals surface area contributed by atoms with Gasteiger partial charge in [-0.1, -0.05) is 17.7 Å². The van der Waals surface area contributed by atoms with Crippen molar-refractivity contribution in [1.82, 2.24) is 10.3 Å². The lowest BCUT2D eigenvalue weighted by molar-refractivity contribution is 0.0955. The molecule has 4 aromatic rings. The van der Waals surface area contributed by atoms with E-state index in [4.69, 9.17) is 16.3 Å². The number of fused-ring (bicyclic) bond motifs is 1. The summed E-state index contributed by atoms with van der Waals surface area (Å²) in [6, 6.07) is 10.1. The smallest absolute Gasteiger partial charge is 0.263 e. The second-order valence-electron chi connectivity index (χ2n) is 6.56. The average Bonchev–Trinajstić information content (AvgIpc) is 3.13. The number of pyridine rings is 1. The number of halogens is 4. The molecule has 4 rings (SSSR count). The van der Waals surface area contributed by atoms with Crippen LogP contribution in [0.3, 0.4) is 0 Å². The minimum absolute atomic E-state index is 0.0125. The van der Waals surface area contributed by atoms with E-state index in [9.17, 15) is 18.0 Å². The summed E-state index contributed by atoms with van der Waals surface area (Å²) in [4.78, 5) is 16.4. The van der Waals surface area contributed by atoms with Gasteiger partial charge < -0.3 is 10.1 Å². The van der Waals surface area contributed by atoms with Gasteiger partial charge in [-0.2, -0.15) is 4.39 Å².